The molecule has 0 aliphatic heterocycles. The molecular weight excluding hydrogens is 312 g/mol. The van der Waals surface area contributed by atoms with Crippen molar-refractivity contribution in [3.8, 4) is 0 Å². The van der Waals surface area contributed by atoms with Crippen molar-refractivity contribution < 1.29 is 4.79 Å². The van der Waals surface area contributed by atoms with Crippen molar-refractivity contribution in [2.75, 3.05) is 0 Å². The van der Waals surface area contributed by atoms with Gasteiger partial charge in [-0.2, -0.15) is 0 Å². The Morgan fingerprint density at radius 2 is 2.13 bits per heavy atom. The van der Waals surface area contributed by atoms with Crippen LogP contribution in [0.5, 0.6) is 0 Å². The van der Waals surface area contributed by atoms with Crippen LogP contribution in [-0.2, 0) is 6.54 Å². The molecule has 2 heterocycles. The number of aromatic nitrogens is 4. The molecule has 3 rings (SSSR count). The number of carbonyl (C=O) groups excluding carboxylic acids is 1. The second kappa shape index (κ2) is 6.08. The molecule has 3 aromatic rings. The molecule has 23 heavy (non-hydrogen) atoms. The first-order valence-electron chi connectivity index (χ1n) is 7.46. The van der Waals surface area contributed by atoms with Gasteiger partial charge in [-0.25, -0.2) is 9.89 Å². The van der Waals surface area contributed by atoms with Crippen LogP contribution in [0.25, 0.3) is 10.9 Å². The number of thioether (sulfide) groups is 1. The number of aromatic amines is 2. The Bertz CT molecular complexity index is 922. The highest BCUT2D eigenvalue weighted by Gasteiger charge is 2.24. The van der Waals surface area contributed by atoms with Gasteiger partial charge in [0.05, 0.1) is 5.25 Å². The molecule has 2 N–H and O–H groups in total. The molecule has 0 amide bonds. The molecule has 0 saturated heterocycles. The van der Waals surface area contributed by atoms with Crippen LogP contribution in [0.1, 0.15) is 29.9 Å². The maximum Gasteiger partial charge on any atom is 0.343 e. The molecule has 7 heteroatoms. The van der Waals surface area contributed by atoms with E-state index in [1.807, 2.05) is 45.0 Å². The molecule has 2 aromatic heterocycles. The minimum absolute atomic E-state index is 0.0306. The van der Waals surface area contributed by atoms with E-state index in [-0.39, 0.29) is 16.7 Å². The number of H-pyrrole nitrogens is 2. The van der Waals surface area contributed by atoms with Crippen molar-refractivity contribution in [1.82, 2.24) is 19.7 Å². The third-order valence-electron chi connectivity index (χ3n) is 3.83. The Balaban J connectivity index is 1.92. The monoisotopic (exact) mass is 330 g/mol. The van der Waals surface area contributed by atoms with Crippen molar-refractivity contribution >= 4 is 28.4 Å². The molecule has 0 saturated carbocycles. The maximum absolute atomic E-state index is 12.9. The van der Waals surface area contributed by atoms with Crippen molar-refractivity contribution in [1.29, 1.82) is 0 Å². The number of fused-ring (bicyclic) bond motifs is 1. The summed E-state index contributed by atoms with van der Waals surface area (Å²) in [5.74, 6) is 0.0306. The zero-order valence-electron chi connectivity index (χ0n) is 13.2. The first kappa shape index (κ1) is 15.6. The van der Waals surface area contributed by atoms with Gasteiger partial charge >= 0.3 is 5.69 Å². The van der Waals surface area contributed by atoms with Gasteiger partial charge in [0.1, 0.15) is 0 Å². The smallest absolute Gasteiger partial charge is 0.343 e. The molecule has 1 unspecified atom stereocenters. The molecule has 0 spiro atoms. The molecular formula is C16H18N4O2S. The fourth-order valence-corrected chi connectivity index (χ4v) is 3.66. The lowest BCUT2D eigenvalue weighted by molar-refractivity contribution is 0.0995. The molecule has 0 radical (unpaired) electrons. The number of hydrogen-bond donors (Lipinski definition) is 2. The van der Waals surface area contributed by atoms with Crippen molar-refractivity contribution in [3.63, 3.8) is 0 Å². The van der Waals surface area contributed by atoms with Gasteiger partial charge in [0.25, 0.3) is 0 Å². The third-order valence-corrected chi connectivity index (χ3v) is 4.92. The van der Waals surface area contributed by atoms with Gasteiger partial charge in [-0.05, 0) is 26.8 Å². The standard InChI is InChI=1S/C16H18N4O2S/c1-4-20-15(22)18-19-16(20)23-10(3)14(21)13-9(2)17-12-8-6-5-7-11(12)13/h5-8,10,17H,4H2,1-3H3,(H,18,22). The van der Waals surface area contributed by atoms with Crippen LogP contribution in [0, 0.1) is 6.92 Å². The average Bonchev–Trinajstić information content (AvgIpc) is 3.05. The lowest BCUT2D eigenvalue weighted by atomic mass is 10.1. The summed E-state index contributed by atoms with van der Waals surface area (Å²) in [5.41, 5.74) is 2.27. The molecule has 0 bridgehead atoms. The van der Waals surface area contributed by atoms with E-state index in [1.165, 1.54) is 16.3 Å². The van der Waals surface area contributed by atoms with E-state index in [0.717, 1.165) is 16.6 Å². The number of para-hydroxylation sites is 1. The summed E-state index contributed by atoms with van der Waals surface area (Å²) >= 11 is 1.30. The predicted molar refractivity (Wildman–Crippen MR) is 91.2 cm³/mol. The quantitative estimate of drug-likeness (QED) is 0.556. The van der Waals surface area contributed by atoms with Gasteiger partial charge in [0.2, 0.25) is 0 Å². The van der Waals surface area contributed by atoms with Crippen LogP contribution in [0.2, 0.25) is 0 Å². The van der Waals surface area contributed by atoms with Gasteiger partial charge in [-0.15, -0.1) is 5.10 Å². The van der Waals surface area contributed by atoms with Crippen LogP contribution in [0.15, 0.2) is 34.2 Å². The summed E-state index contributed by atoms with van der Waals surface area (Å²) in [6.45, 7) is 6.14. The van der Waals surface area contributed by atoms with Crippen molar-refractivity contribution in [2.24, 2.45) is 0 Å². The van der Waals surface area contributed by atoms with E-state index in [9.17, 15) is 9.59 Å². The van der Waals surface area contributed by atoms with E-state index in [1.54, 1.807) is 0 Å². The maximum atomic E-state index is 12.9. The largest absolute Gasteiger partial charge is 0.358 e. The van der Waals surface area contributed by atoms with E-state index in [0.29, 0.717) is 17.3 Å². The Morgan fingerprint density at radius 1 is 1.39 bits per heavy atom. The van der Waals surface area contributed by atoms with Crippen LogP contribution in [0.3, 0.4) is 0 Å². The number of hydrogen-bond acceptors (Lipinski definition) is 4. The number of nitrogens with zero attached hydrogens (tertiary/aromatic N) is 2. The van der Waals surface area contributed by atoms with Crippen LogP contribution < -0.4 is 5.69 Å². The van der Waals surface area contributed by atoms with E-state index in [4.69, 9.17) is 0 Å². The molecule has 1 aromatic carbocycles. The molecule has 0 fully saturated rings. The first-order chi connectivity index (χ1) is 11.0. The van der Waals surface area contributed by atoms with Gasteiger partial charge in [-0.1, -0.05) is 30.0 Å². The Morgan fingerprint density at radius 3 is 2.87 bits per heavy atom. The molecule has 1 atom stereocenters. The van der Waals surface area contributed by atoms with Crippen LogP contribution in [-0.4, -0.2) is 30.8 Å². The zero-order valence-corrected chi connectivity index (χ0v) is 14.0. The Kier molecular flexibility index (Phi) is 4.12. The number of benzene rings is 1. The Labute approximate surface area is 137 Å². The van der Waals surface area contributed by atoms with E-state index >= 15 is 0 Å². The van der Waals surface area contributed by atoms with Crippen LogP contribution >= 0.6 is 11.8 Å². The molecule has 6 nitrogen and oxygen atoms in total. The summed E-state index contributed by atoms with van der Waals surface area (Å²) < 4.78 is 1.52. The summed E-state index contributed by atoms with van der Waals surface area (Å²) in [4.78, 5) is 27.8. The number of aryl methyl sites for hydroxylation is 1. The number of rotatable bonds is 5. The number of carbonyl (C=O) groups is 1. The summed E-state index contributed by atoms with van der Waals surface area (Å²) in [7, 11) is 0. The van der Waals surface area contributed by atoms with Gasteiger partial charge < -0.3 is 4.98 Å². The highest BCUT2D eigenvalue weighted by molar-refractivity contribution is 8.00. The number of Topliss-reactive ketones (excluding diaryl/α,β-unsaturated/α-hetero) is 1. The topological polar surface area (TPSA) is 83.5 Å². The molecule has 0 aliphatic carbocycles. The van der Waals surface area contributed by atoms with Crippen LogP contribution in [0.4, 0.5) is 0 Å². The fourth-order valence-electron chi connectivity index (χ4n) is 2.68. The lowest BCUT2D eigenvalue weighted by Gasteiger charge is -2.10. The van der Waals surface area contributed by atoms with Crippen molar-refractivity contribution in [2.45, 2.75) is 37.7 Å². The Hall–Kier alpha value is -2.28. The number of nitrogens with one attached hydrogen (secondary N) is 2. The minimum atomic E-state index is -0.339. The lowest BCUT2D eigenvalue weighted by Crippen LogP contribution is -2.19. The van der Waals surface area contributed by atoms with Gasteiger partial charge in [0.15, 0.2) is 10.9 Å². The highest BCUT2D eigenvalue weighted by Crippen LogP contribution is 2.28. The normalized spacial score (nSPS) is 12.7. The third kappa shape index (κ3) is 2.72. The van der Waals surface area contributed by atoms with E-state index < -0.39 is 0 Å². The van der Waals surface area contributed by atoms with Gasteiger partial charge in [-0.3, -0.25) is 9.36 Å². The highest BCUT2D eigenvalue weighted by atomic mass is 32.2. The summed E-state index contributed by atoms with van der Waals surface area (Å²) in [6.07, 6.45) is 0. The SMILES string of the molecule is CCn1c(SC(C)C(=O)c2c(C)[nH]c3ccccc23)n[nH]c1=O. The van der Waals surface area contributed by atoms with E-state index in [2.05, 4.69) is 15.2 Å². The minimum Gasteiger partial charge on any atom is -0.358 e. The number of ketones is 1. The molecule has 120 valence electrons. The fraction of sp³-hybridized carbons (Fsp3) is 0.312. The first-order valence-corrected chi connectivity index (χ1v) is 8.34. The molecule has 0 aliphatic rings. The second-order valence-electron chi connectivity index (χ2n) is 5.35. The second-order valence-corrected chi connectivity index (χ2v) is 6.66. The summed E-state index contributed by atoms with van der Waals surface area (Å²) in [6, 6.07) is 7.76. The predicted octanol–water partition coefficient (Wildman–Crippen LogP) is 2.74. The summed E-state index contributed by atoms with van der Waals surface area (Å²) in [5, 5.41) is 7.56. The average molecular weight is 330 g/mol. The van der Waals surface area contributed by atoms with Crippen molar-refractivity contribution in [3.05, 3.63) is 46.0 Å². The van der Waals surface area contributed by atoms with Gasteiger partial charge in [0, 0.05) is 28.7 Å². The zero-order chi connectivity index (χ0) is 16.6.